The van der Waals surface area contributed by atoms with Crippen molar-refractivity contribution in [2.75, 3.05) is 18.4 Å². The zero-order valence-electron chi connectivity index (χ0n) is 17.3. The van der Waals surface area contributed by atoms with Gasteiger partial charge >= 0.3 is 0 Å². The highest BCUT2D eigenvalue weighted by Gasteiger charge is 2.33. The molecule has 2 aromatic carbocycles. The van der Waals surface area contributed by atoms with E-state index in [4.69, 9.17) is 0 Å². The number of piperidine rings is 1. The number of aryl methyl sites for hydroxylation is 3. The highest BCUT2D eigenvalue weighted by Crippen LogP contribution is 2.29. The number of rotatable bonds is 4. The minimum absolute atomic E-state index is 0.0886. The Kier molecular flexibility index (Phi) is 5.65. The molecule has 4 rings (SSSR count). The van der Waals surface area contributed by atoms with E-state index in [9.17, 15) is 13.2 Å². The number of hydrogen-bond acceptors (Lipinski definition) is 5. The van der Waals surface area contributed by atoms with Crippen molar-refractivity contribution in [2.45, 2.75) is 38.5 Å². The van der Waals surface area contributed by atoms with Gasteiger partial charge in [-0.15, -0.1) is 0 Å². The third-order valence-corrected chi connectivity index (χ3v) is 8.54. The van der Waals surface area contributed by atoms with E-state index in [0.29, 0.717) is 36.0 Å². The lowest BCUT2D eigenvalue weighted by molar-refractivity contribution is -0.120. The summed E-state index contributed by atoms with van der Waals surface area (Å²) in [7, 11) is -3.55. The maximum Gasteiger partial charge on any atom is 0.243 e. The number of amides is 1. The summed E-state index contributed by atoms with van der Waals surface area (Å²) in [6, 6.07) is 11.4. The van der Waals surface area contributed by atoms with E-state index >= 15 is 0 Å². The monoisotopic (exact) mass is 443 g/mol. The Balaban J connectivity index is 1.41. The number of nitrogens with zero attached hydrogens (tertiary/aromatic N) is 2. The van der Waals surface area contributed by atoms with Crippen LogP contribution >= 0.6 is 11.3 Å². The number of thiazole rings is 1. The fourth-order valence-electron chi connectivity index (χ4n) is 3.88. The largest absolute Gasteiger partial charge is 0.302 e. The van der Waals surface area contributed by atoms with Crippen molar-refractivity contribution in [3.05, 3.63) is 53.1 Å². The lowest BCUT2D eigenvalue weighted by Gasteiger charge is -2.30. The first-order valence-corrected chi connectivity index (χ1v) is 12.2. The maximum absolute atomic E-state index is 13.0. The Hall–Kier alpha value is -2.29. The molecule has 1 fully saturated rings. The lowest BCUT2D eigenvalue weighted by Crippen LogP contribution is -2.41. The van der Waals surface area contributed by atoms with Gasteiger partial charge < -0.3 is 5.32 Å². The predicted octanol–water partition coefficient (Wildman–Crippen LogP) is 4.26. The van der Waals surface area contributed by atoms with Gasteiger partial charge in [0, 0.05) is 19.0 Å². The average Bonchev–Trinajstić information content (AvgIpc) is 3.09. The van der Waals surface area contributed by atoms with Crippen molar-refractivity contribution in [1.29, 1.82) is 0 Å². The van der Waals surface area contributed by atoms with Crippen molar-refractivity contribution < 1.29 is 13.2 Å². The summed E-state index contributed by atoms with van der Waals surface area (Å²) in [6.45, 7) is 6.47. The molecule has 1 aliphatic heterocycles. The number of fused-ring (bicyclic) bond motifs is 1. The molecule has 0 aliphatic carbocycles. The van der Waals surface area contributed by atoms with Crippen molar-refractivity contribution >= 4 is 42.6 Å². The maximum atomic E-state index is 13.0. The molecular formula is C22H25N3O3S2. The number of sulfonamides is 1. The summed E-state index contributed by atoms with van der Waals surface area (Å²) in [5.74, 6) is -0.307. The Morgan fingerprint density at radius 2 is 1.73 bits per heavy atom. The molecule has 0 saturated carbocycles. The van der Waals surface area contributed by atoms with Gasteiger partial charge in [0.05, 0.1) is 15.1 Å². The number of benzene rings is 2. The number of hydrogen-bond donors (Lipinski definition) is 1. The number of anilines is 1. The molecule has 2 heterocycles. The molecule has 0 atom stereocenters. The third kappa shape index (κ3) is 4.12. The van der Waals surface area contributed by atoms with Crippen molar-refractivity contribution in [3.63, 3.8) is 0 Å². The summed E-state index contributed by atoms with van der Waals surface area (Å²) >= 11 is 1.46. The molecule has 8 heteroatoms. The van der Waals surface area contributed by atoms with Crippen LogP contribution in [0.25, 0.3) is 10.2 Å². The zero-order chi connectivity index (χ0) is 21.5. The van der Waals surface area contributed by atoms with E-state index in [2.05, 4.69) is 16.4 Å². The molecule has 0 unspecified atom stereocenters. The highest BCUT2D eigenvalue weighted by atomic mass is 32.2. The predicted molar refractivity (Wildman–Crippen MR) is 120 cm³/mol. The molecule has 1 N–H and O–H groups in total. The number of nitrogens with one attached hydrogen (secondary N) is 1. The van der Waals surface area contributed by atoms with Gasteiger partial charge in [0.15, 0.2) is 5.13 Å². The Labute approximate surface area is 181 Å². The Morgan fingerprint density at radius 3 is 2.43 bits per heavy atom. The molecule has 1 aromatic heterocycles. The van der Waals surface area contributed by atoms with Gasteiger partial charge in [-0.25, -0.2) is 13.4 Å². The van der Waals surface area contributed by atoms with Crippen LogP contribution < -0.4 is 5.32 Å². The van der Waals surface area contributed by atoms with E-state index in [1.54, 1.807) is 6.07 Å². The standard InChI is InChI=1S/C22H25N3O3S2/c1-14-5-7-20(16(3)12-14)30(27,28)25-10-8-17(9-11-25)21(26)24-22-23-18-6-4-15(2)13-19(18)29-22/h4-7,12-13,17H,8-11H2,1-3H3,(H,23,24,26). The first-order chi connectivity index (χ1) is 14.2. The molecule has 0 bridgehead atoms. The van der Waals surface area contributed by atoms with E-state index in [-0.39, 0.29) is 11.8 Å². The first-order valence-electron chi connectivity index (χ1n) is 9.99. The van der Waals surface area contributed by atoms with Gasteiger partial charge in [-0.3, -0.25) is 4.79 Å². The third-order valence-electron chi connectivity index (χ3n) is 5.55. The summed E-state index contributed by atoms with van der Waals surface area (Å²) in [5, 5.41) is 3.51. The molecule has 3 aromatic rings. The van der Waals surface area contributed by atoms with Crippen LogP contribution in [0.5, 0.6) is 0 Å². The smallest absolute Gasteiger partial charge is 0.243 e. The second kappa shape index (κ2) is 8.09. The van der Waals surface area contributed by atoms with Crippen LogP contribution in [-0.2, 0) is 14.8 Å². The van der Waals surface area contributed by atoms with E-state index in [1.165, 1.54) is 15.6 Å². The summed E-state index contributed by atoms with van der Waals surface area (Å²) < 4.78 is 28.6. The molecule has 30 heavy (non-hydrogen) atoms. The van der Waals surface area contributed by atoms with Crippen molar-refractivity contribution in [3.8, 4) is 0 Å². The van der Waals surface area contributed by atoms with Gasteiger partial charge in [0.25, 0.3) is 0 Å². The molecule has 0 radical (unpaired) electrons. The van der Waals surface area contributed by atoms with E-state index < -0.39 is 10.0 Å². The molecule has 0 spiro atoms. The average molecular weight is 444 g/mol. The molecule has 6 nitrogen and oxygen atoms in total. The fourth-order valence-corrected chi connectivity index (χ4v) is 6.52. The minimum Gasteiger partial charge on any atom is -0.302 e. The van der Waals surface area contributed by atoms with Gasteiger partial charge in [0.2, 0.25) is 15.9 Å². The van der Waals surface area contributed by atoms with Crippen LogP contribution in [0.1, 0.15) is 29.5 Å². The van der Waals surface area contributed by atoms with Crippen LogP contribution in [0.4, 0.5) is 5.13 Å². The molecule has 158 valence electrons. The highest BCUT2D eigenvalue weighted by molar-refractivity contribution is 7.89. The second-order valence-electron chi connectivity index (χ2n) is 7.93. The first kappa shape index (κ1) is 21.0. The molecule has 1 aliphatic rings. The van der Waals surface area contributed by atoms with Crippen LogP contribution in [-0.4, -0.2) is 36.7 Å². The molecule has 1 saturated heterocycles. The molecular weight excluding hydrogens is 418 g/mol. The van der Waals surface area contributed by atoms with E-state index in [0.717, 1.165) is 26.9 Å². The van der Waals surface area contributed by atoms with Crippen LogP contribution in [0.3, 0.4) is 0 Å². The second-order valence-corrected chi connectivity index (χ2v) is 10.9. The normalized spacial score (nSPS) is 16.1. The minimum atomic E-state index is -3.55. The number of carbonyl (C=O) groups is 1. The zero-order valence-corrected chi connectivity index (χ0v) is 18.9. The quantitative estimate of drug-likeness (QED) is 0.653. The van der Waals surface area contributed by atoms with Gasteiger partial charge in [-0.05, 0) is 62.9 Å². The lowest BCUT2D eigenvalue weighted by atomic mass is 9.97. The van der Waals surface area contributed by atoms with E-state index in [1.807, 2.05) is 45.0 Å². The summed E-state index contributed by atoms with van der Waals surface area (Å²) in [6.07, 6.45) is 1.000. The Morgan fingerprint density at radius 1 is 1.07 bits per heavy atom. The van der Waals surface area contributed by atoms with Crippen molar-refractivity contribution in [2.24, 2.45) is 5.92 Å². The SMILES string of the molecule is Cc1ccc(S(=O)(=O)N2CCC(C(=O)Nc3nc4ccc(C)cc4s3)CC2)c(C)c1. The summed E-state index contributed by atoms with van der Waals surface area (Å²) in [4.78, 5) is 17.5. The Bertz CT molecular complexity index is 1210. The van der Waals surface area contributed by atoms with Crippen LogP contribution in [0, 0.1) is 26.7 Å². The topological polar surface area (TPSA) is 79.4 Å². The number of aromatic nitrogens is 1. The fraction of sp³-hybridized carbons (Fsp3) is 0.364. The van der Waals surface area contributed by atoms with Gasteiger partial charge in [0.1, 0.15) is 0 Å². The van der Waals surface area contributed by atoms with Crippen molar-refractivity contribution in [1.82, 2.24) is 9.29 Å². The summed E-state index contributed by atoms with van der Waals surface area (Å²) in [5.41, 5.74) is 3.81. The van der Waals surface area contributed by atoms with Gasteiger partial charge in [-0.2, -0.15) is 4.31 Å². The van der Waals surface area contributed by atoms with Crippen LogP contribution in [0.15, 0.2) is 41.3 Å². The molecule has 1 amide bonds. The van der Waals surface area contributed by atoms with Gasteiger partial charge in [-0.1, -0.05) is 35.1 Å². The van der Waals surface area contributed by atoms with Crippen LogP contribution in [0.2, 0.25) is 0 Å². The number of carbonyl (C=O) groups excluding carboxylic acids is 1.